The number of hydrazine groups is 1. The average Bonchev–Trinajstić information content (AvgIpc) is 2.86. The zero-order chi connectivity index (χ0) is 15.4. The van der Waals surface area contributed by atoms with Gasteiger partial charge in [0, 0.05) is 26.5 Å². The van der Waals surface area contributed by atoms with Gasteiger partial charge in [-0.1, -0.05) is 23.9 Å². The molecule has 1 aromatic carbocycles. The van der Waals surface area contributed by atoms with E-state index in [-0.39, 0.29) is 5.91 Å². The number of aryl methyl sites for hydroxylation is 2. The molecule has 0 aliphatic rings. The van der Waals surface area contributed by atoms with Crippen LogP contribution in [-0.2, 0) is 4.79 Å². The number of imidazole rings is 1. The number of nitrogens with zero attached hydrogens (tertiary/aromatic N) is 3. The molecule has 21 heavy (non-hydrogen) atoms. The molecule has 112 valence electrons. The molecule has 0 aliphatic carbocycles. The molecule has 0 radical (unpaired) electrons. The first-order valence-corrected chi connectivity index (χ1v) is 7.66. The summed E-state index contributed by atoms with van der Waals surface area (Å²) in [5.41, 5.74) is 6.20. The van der Waals surface area contributed by atoms with E-state index in [1.807, 2.05) is 10.8 Å². The maximum absolute atomic E-state index is 11.7. The minimum absolute atomic E-state index is 0.0412. The van der Waals surface area contributed by atoms with Crippen LogP contribution in [0, 0.1) is 13.8 Å². The molecule has 2 aromatic rings. The summed E-state index contributed by atoms with van der Waals surface area (Å²) in [6.07, 6.45) is 3.68. The minimum atomic E-state index is -0.0412. The minimum Gasteiger partial charge on any atom is -0.295 e. The molecule has 1 N–H and O–H groups in total. The van der Waals surface area contributed by atoms with Crippen molar-refractivity contribution in [2.24, 2.45) is 0 Å². The molecule has 6 heteroatoms. The van der Waals surface area contributed by atoms with E-state index in [0.717, 1.165) is 10.8 Å². The van der Waals surface area contributed by atoms with Crippen LogP contribution in [0.3, 0.4) is 0 Å². The Hall–Kier alpha value is -1.79. The van der Waals surface area contributed by atoms with Crippen molar-refractivity contribution in [1.29, 1.82) is 0 Å². The molecule has 1 aromatic heterocycles. The second-order valence-electron chi connectivity index (χ2n) is 5.09. The van der Waals surface area contributed by atoms with E-state index in [1.165, 1.54) is 22.9 Å². The second kappa shape index (κ2) is 6.78. The maximum Gasteiger partial charge on any atom is 0.244 e. The Morgan fingerprint density at radius 3 is 2.86 bits per heavy atom. The Morgan fingerprint density at radius 1 is 1.38 bits per heavy atom. The van der Waals surface area contributed by atoms with Crippen LogP contribution in [0.15, 0.2) is 35.7 Å². The highest BCUT2D eigenvalue weighted by atomic mass is 32.2. The summed E-state index contributed by atoms with van der Waals surface area (Å²) in [5.74, 6) is 0.292. The fourth-order valence-corrected chi connectivity index (χ4v) is 2.73. The Bertz CT molecular complexity index is 636. The summed E-state index contributed by atoms with van der Waals surface area (Å²) in [5, 5.41) is 2.46. The van der Waals surface area contributed by atoms with Crippen molar-refractivity contribution in [3.8, 4) is 5.69 Å². The quantitative estimate of drug-likeness (QED) is 0.679. The van der Waals surface area contributed by atoms with Crippen molar-refractivity contribution in [1.82, 2.24) is 20.0 Å². The van der Waals surface area contributed by atoms with Crippen LogP contribution in [-0.4, -0.2) is 40.3 Å². The third-order valence-corrected chi connectivity index (χ3v) is 3.88. The fourth-order valence-electron chi connectivity index (χ4n) is 1.97. The lowest BCUT2D eigenvalue weighted by molar-refractivity contribution is -0.122. The van der Waals surface area contributed by atoms with Gasteiger partial charge in [-0.2, -0.15) is 0 Å². The molecular weight excluding hydrogens is 284 g/mol. The second-order valence-corrected chi connectivity index (χ2v) is 6.03. The van der Waals surface area contributed by atoms with E-state index in [2.05, 4.69) is 42.5 Å². The van der Waals surface area contributed by atoms with E-state index < -0.39 is 0 Å². The molecule has 0 unspecified atom stereocenters. The molecule has 0 saturated carbocycles. The Morgan fingerprint density at radius 2 is 2.14 bits per heavy atom. The molecule has 0 saturated heterocycles. The van der Waals surface area contributed by atoms with Gasteiger partial charge < -0.3 is 0 Å². The number of carbonyl (C=O) groups excluding carboxylic acids is 1. The van der Waals surface area contributed by atoms with Crippen LogP contribution in [0.4, 0.5) is 0 Å². The highest BCUT2D eigenvalue weighted by Crippen LogP contribution is 2.23. The van der Waals surface area contributed by atoms with Crippen molar-refractivity contribution in [3.63, 3.8) is 0 Å². The van der Waals surface area contributed by atoms with E-state index >= 15 is 0 Å². The number of hydrogen-bond donors (Lipinski definition) is 1. The van der Waals surface area contributed by atoms with Crippen molar-refractivity contribution in [2.45, 2.75) is 19.0 Å². The lowest BCUT2D eigenvalue weighted by Gasteiger charge is -2.13. The highest BCUT2D eigenvalue weighted by Gasteiger charge is 2.11. The number of thioether (sulfide) groups is 1. The summed E-state index contributed by atoms with van der Waals surface area (Å²) >= 11 is 1.43. The van der Waals surface area contributed by atoms with Gasteiger partial charge in [0.2, 0.25) is 5.91 Å². The monoisotopic (exact) mass is 304 g/mol. The number of carbonyl (C=O) groups is 1. The van der Waals surface area contributed by atoms with Gasteiger partial charge in [0.05, 0.1) is 11.4 Å². The van der Waals surface area contributed by atoms with Crippen molar-refractivity contribution in [2.75, 3.05) is 19.8 Å². The smallest absolute Gasteiger partial charge is 0.244 e. The molecule has 0 aliphatic heterocycles. The fraction of sp³-hybridized carbons (Fsp3) is 0.333. The van der Waals surface area contributed by atoms with Crippen molar-refractivity contribution in [3.05, 3.63) is 41.7 Å². The number of nitrogens with one attached hydrogen (secondary N) is 1. The summed E-state index contributed by atoms with van der Waals surface area (Å²) in [7, 11) is 3.58. The molecule has 2 rings (SSSR count). The average molecular weight is 304 g/mol. The molecule has 1 heterocycles. The van der Waals surface area contributed by atoms with E-state index in [4.69, 9.17) is 0 Å². The van der Waals surface area contributed by atoms with Crippen molar-refractivity contribution < 1.29 is 4.79 Å². The zero-order valence-electron chi connectivity index (χ0n) is 12.8. The van der Waals surface area contributed by atoms with E-state index in [9.17, 15) is 4.79 Å². The summed E-state index contributed by atoms with van der Waals surface area (Å²) in [6.45, 7) is 4.14. The third kappa shape index (κ3) is 4.09. The van der Waals surface area contributed by atoms with E-state index in [0.29, 0.717) is 5.75 Å². The van der Waals surface area contributed by atoms with Gasteiger partial charge in [-0.15, -0.1) is 0 Å². The highest BCUT2D eigenvalue weighted by molar-refractivity contribution is 7.99. The topological polar surface area (TPSA) is 50.2 Å². The number of aromatic nitrogens is 2. The first-order chi connectivity index (χ1) is 9.97. The molecule has 0 atom stereocenters. The molecular formula is C15H20N4OS. The first-order valence-electron chi connectivity index (χ1n) is 6.68. The van der Waals surface area contributed by atoms with Crippen LogP contribution in [0.1, 0.15) is 11.1 Å². The van der Waals surface area contributed by atoms with Crippen LogP contribution < -0.4 is 5.43 Å². The molecule has 5 nitrogen and oxygen atoms in total. The Labute approximate surface area is 129 Å². The standard InChI is InChI=1S/C15H20N4OS/c1-11-5-6-12(2)13(9-11)19-8-7-16-15(19)21-10-14(20)17-18(3)4/h5-9H,10H2,1-4H3,(H,17,20). The number of hydrogen-bond acceptors (Lipinski definition) is 4. The SMILES string of the molecule is Cc1ccc(C)c(-n2ccnc2SCC(=O)NN(C)C)c1. The van der Waals surface area contributed by atoms with Gasteiger partial charge in [-0.05, 0) is 31.0 Å². The number of amides is 1. The van der Waals surface area contributed by atoms with E-state index in [1.54, 1.807) is 25.3 Å². The normalized spacial score (nSPS) is 10.9. The molecule has 0 spiro atoms. The number of rotatable bonds is 5. The van der Waals surface area contributed by atoms with Gasteiger partial charge in [0.15, 0.2) is 5.16 Å². The maximum atomic E-state index is 11.7. The van der Waals surface area contributed by atoms with Crippen LogP contribution in [0.2, 0.25) is 0 Å². The lowest BCUT2D eigenvalue weighted by Crippen LogP contribution is -2.37. The number of benzene rings is 1. The summed E-state index contributed by atoms with van der Waals surface area (Å²) in [4.78, 5) is 16.1. The van der Waals surface area contributed by atoms with Crippen molar-refractivity contribution >= 4 is 17.7 Å². The predicted molar refractivity (Wildman–Crippen MR) is 85.6 cm³/mol. The molecule has 0 fully saturated rings. The van der Waals surface area contributed by atoms with Gasteiger partial charge in [0.25, 0.3) is 0 Å². The summed E-state index contributed by atoms with van der Waals surface area (Å²) < 4.78 is 2.02. The zero-order valence-corrected chi connectivity index (χ0v) is 13.6. The van der Waals surface area contributed by atoms with Gasteiger partial charge in [0.1, 0.15) is 0 Å². The van der Waals surface area contributed by atoms with Crippen LogP contribution >= 0.6 is 11.8 Å². The Kier molecular flexibility index (Phi) is 5.03. The third-order valence-electron chi connectivity index (χ3n) is 2.91. The molecule has 1 amide bonds. The largest absolute Gasteiger partial charge is 0.295 e. The van der Waals surface area contributed by atoms with Crippen LogP contribution in [0.5, 0.6) is 0 Å². The Balaban J connectivity index is 2.15. The van der Waals surface area contributed by atoms with Gasteiger partial charge in [-0.25, -0.2) is 9.99 Å². The van der Waals surface area contributed by atoms with Gasteiger partial charge >= 0.3 is 0 Å². The van der Waals surface area contributed by atoms with Crippen LogP contribution in [0.25, 0.3) is 5.69 Å². The lowest BCUT2D eigenvalue weighted by atomic mass is 10.1. The predicted octanol–water partition coefficient (Wildman–Crippen LogP) is 2.17. The first kappa shape index (κ1) is 15.6. The molecule has 0 bridgehead atoms. The summed E-state index contributed by atoms with van der Waals surface area (Å²) in [6, 6.07) is 6.31. The van der Waals surface area contributed by atoms with Gasteiger partial charge in [-0.3, -0.25) is 14.8 Å².